The summed E-state index contributed by atoms with van der Waals surface area (Å²) in [6.07, 6.45) is 0.0215. The average Bonchev–Trinajstić information content (AvgIpc) is 2.92. The number of carbonyl (C=O) groups is 3. The van der Waals surface area contributed by atoms with Crippen molar-refractivity contribution in [1.29, 1.82) is 0 Å². The topological polar surface area (TPSA) is 87.7 Å². The molecule has 2 N–H and O–H groups in total. The van der Waals surface area contributed by atoms with Gasteiger partial charge in [-0.25, -0.2) is 4.79 Å². The van der Waals surface area contributed by atoms with Crippen LogP contribution in [-0.2, 0) is 14.3 Å². The summed E-state index contributed by atoms with van der Waals surface area (Å²) in [5, 5.41) is 5.44. The van der Waals surface area contributed by atoms with Gasteiger partial charge in [-0.1, -0.05) is 13.8 Å². The minimum Gasteiger partial charge on any atom is -0.453 e. The van der Waals surface area contributed by atoms with Gasteiger partial charge < -0.3 is 20.3 Å². The van der Waals surface area contributed by atoms with Crippen molar-refractivity contribution in [3.63, 3.8) is 0 Å². The molecule has 0 bridgehead atoms. The predicted molar refractivity (Wildman–Crippen MR) is 82.1 cm³/mol. The quantitative estimate of drug-likeness (QED) is 0.783. The number of ether oxygens (including phenoxy) is 1. The van der Waals surface area contributed by atoms with Crippen LogP contribution in [0.2, 0.25) is 0 Å². The molecular formula is C15H27N3O4. The fourth-order valence-corrected chi connectivity index (χ4v) is 2.47. The lowest BCUT2D eigenvalue weighted by atomic mass is 10.0. The number of rotatable bonds is 5. The Balaban J connectivity index is 2.65. The van der Waals surface area contributed by atoms with Gasteiger partial charge in [-0.3, -0.25) is 9.59 Å². The minimum absolute atomic E-state index is 0.0210. The van der Waals surface area contributed by atoms with Crippen LogP contribution in [0, 0.1) is 11.8 Å². The van der Waals surface area contributed by atoms with Crippen LogP contribution >= 0.6 is 0 Å². The van der Waals surface area contributed by atoms with Gasteiger partial charge in [0.15, 0.2) is 0 Å². The third-order valence-electron chi connectivity index (χ3n) is 3.69. The highest BCUT2D eigenvalue weighted by Gasteiger charge is 2.35. The highest BCUT2D eigenvalue weighted by molar-refractivity contribution is 5.87. The molecule has 3 amide bonds. The number of hydrogen-bond donors (Lipinski definition) is 2. The first-order valence-electron chi connectivity index (χ1n) is 7.69. The van der Waals surface area contributed by atoms with E-state index in [-0.39, 0.29) is 29.7 Å². The normalized spacial score (nSPS) is 19.2. The van der Waals surface area contributed by atoms with Crippen LogP contribution in [0.1, 0.15) is 34.1 Å². The van der Waals surface area contributed by atoms with E-state index in [9.17, 15) is 14.4 Å². The van der Waals surface area contributed by atoms with Crippen LogP contribution < -0.4 is 10.6 Å². The monoisotopic (exact) mass is 313 g/mol. The van der Waals surface area contributed by atoms with Crippen molar-refractivity contribution in [3.05, 3.63) is 0 Å². The van der Waals surface area contributed by atoms with Gasteiger partial charge in [-0.15, -0.1) is 0 Å². The molecule has 0 aromatic rings. The summed E-state index contributed by atoms with van der Waals surface area (Å²) in [7, 11) is 1.26. The van der Waals surface area contributed by atoms with Gasteiger partial charge in [-0.2, -0.15) is 0 Å². The van der Waals surface area contributed by atoms with Crippen LogP contribution in [-0.4, -0.2) is 55.1 Å². The Kier molecular flexibility index (Phi) is 6.64. The second-order valence-electron chi connectivity index (χ2n) is 6.29. The zero-order valence-electron chi connectivity index (χ0n) is 14.0. The number of likely N-dealkylation sites (tertiary alicyclic amines) is 1. The molecule has 0 spiro atoms. The van der Waals surface area contributed by atoms with Crippen molar-refractivity contribution in [2.24, 2.45) is 11.8 Å². The van der Waals surface area contributed by atoms with Crippen molar-refractivity contribution in [1.82, 2.24) is 15.5 Å². The van der Waals surface area contributed by atoms with Crippen molar-refractivity contribution < 1.29 is 19.1 Å². The zero-order chi connectivity index (χ0) is 16.9. The largest absolute Gasteiger partial charge is 0.453 e. The lowest BCUT2D eigenvalue weighted by molar-refractivity contribution is -0.133. The molecule has 126 valence electrons. The SMILES string of the molecule is COC(=O)N[C@H](C(=O)N1CC[C@H](C(=O)NC(C)C)C1)C(C)C. The van der Waals surface area contributed by atoms with Crippen LogP contribution in [0.15, 0.2) is 0 Å². The number of amides is 3. The second-order valence-corrected chi connectivity index (χ2v) is 6.29. The second kappa shape index (κ2) is 8.00. The van der Waals surface area contributed by atoms with Gasteiger partial charge >= 0.3 is 6.09 Å². The van der Waals surface area contributed by atoms with Crippen LogP contribution in [0.3, 0.4) is 0 Å². The van der Waals surface area contributed by atoms with Gasteiger partial charge in [0.2, 0.25) is 11.8 Å². The molecule has 1 aliphatic heterocycles. The number of carbonyl (C=O) groups excluding carboxylic acids is 3. The van der Waals surface area contributed by atoms with E-state index in [1.54, 1.807) is 4.90 Å². The van der Waals surface area contributed by atoms with Gasteiger partial charge in [-0.05, 0) is 26.2 Å². The molecule has 2 atom stereocenters. The maximum Gasteiger partial charge on any atom is 0.407 e. The van der Waals surface area contributed by atoms with Crippen molar-refractivity contribution in [3.8, 4) is 0 Å². The molecule has 1 rings (SSSR count). The molecule has 22 heavy (non-hydrogen) atoms. The summed E-state index contributed by atoms with van der Waals surface area (Å²) in [6.45, 7) is 8.45. The molecule has 0 radical (unpaired) electrons. The first kappa shape index (κ1) is 18.3. The Labute approximate surface area is 131 Å². The fourth-order valence-electron chi connectivity index (χ4n) is 2.47. The third-order valence-corrected chi connectivity index (χ3v) is 3.69. The summed E-state index contributed by atoms with van der Waals surface area (Å²) in [5.74, 6) is -0.431. The lowest BCUT2D eigenvalue weighted by Crippen LogP contribution is -2.51. The molecule has 1 aliphatic rings. The first-order chi connectivity index (χ1) is 10.3. The predicted octanol–water partition coefficient (Wildman–Crippen LogP) is 0.740. The van der Waals surface area contributed by atoms with E-state index in [2.05, 4.69) is 15.4 Å². The summed E-state index contributed by atoms with van der Waals surface area (Å²) >= 11 is 0. The third kappa shape index (κ3) is 4.89. The summed E-state index contributed by atoms with van der Waals surface area (Å²) in [5.41, 5.74) is 0. The molecular weight excluding hydrogens is 286 g/mol. The summed E-state index contributed by atoms with van der Waals surface area (Å²) < 4.78 is 4.56. The molecule has 0 saturated carbocycles. The van der Waals surface area contributed by atoms with Gasteiger partial charge in [0.25, 0.3) is 0 Å². The number of nitrogens with one attached hydrogen (secondary N) is 2. The van der Waals surface area contributed by atoms with Crippen molar-refractivity contribution in [2.45, 2.75) is 46.2 Å². The van der Waals surface area contributed by atoms with E-state index in [1.807, 2.05) is 27.7 Å². The number of alkyl carbamates (subject to hydrolysis) is 1. The van der Waals surface area contributed by atoms with E-state index in [1.165, 1.54) is 7.11 Å². The van der Waals surface area contributed by atoms with Gasteiger partial charge in [0.05, 0.1) is 13.0 Å². The molecule has 7 nitrogen and oxygen atoms in total. The minimum atomic E-state index is -0.639. The van der Waals surface area contributed by atoms with Crippen molar-refractivity contribution >= 4 is 17.9 Å². The Morgan fingerprint density at radius 1 is 1.14 bits per heavy atom. The Morgan fingerprint density at radius 2 is 1.77 bits per heavy atom. The van der Waals surface area contributed by atoms with E-state index in [4.69, 9.17) is 0 Å². The fraction of sp³-hybridized carbons (Fsp3) is 0.800. The molecule has 1 fully saturated rings. The zero-order valence-corrected chi connectivity index (χ0v) is 14.0. The standard InChI is InChI=1S/C15H27N3O4/c1-9(2)12(17-15(21)22-5)14(20)18-7-6-11(8-18)13(19)16-10(3)4/h9-12H,6-8H2,1-5H3,(H,16,19)(H,17,21)/t11-,12-/m0/s1. The number of methoxy groups -OCH3 is 1. The van der Waals surface area contributed by atoms with E-state index >= 15 is 0 Å². The maximum atomic E-state index is 12.6. The Morgan fingerprint density at radius 3 is 2.27 bits per heavy atom. The summed E-state index contributed by atoms with van der Waals surface area (Å²) in [4.78, 5) is 37.6. The van der Waals surface area contributed by atoms with E-state index < -0.39 is 12.1 Å². The smallest absolute Gasteiger partial charge is 0.407 e. The molecule has 0 aliphatic carbocycles. The van der Waals surface area contributed by atoms with Gasteiger partial charge in [0, 0.05) is 19.1 Å². The van der Waals surface area contributed by atoms with Crippen molar-refractivity contribution in [2.75, 3.05) is 20.2 Å². The number of hydrogen-bond acceptors (Lipinski definition) is 4. The van der Waals surface area contributed by atoms with Crippen LogP contribution in [0.4, 0.5) is 4.79 Å². The first-order valence-corrected chi connectivity index (χ1v) is 7.69. The van der Waals surface area contributed by atoms with Crippen LogP contribution in [0.25, 0.3) is 0 Å². The molecule has 0 aromatic carbocycles. The Bertz CT molecular complexity index is 423. The maximum absolute atomic E-state index is 12.6. The molecule has 1 saturated heterocycles. The van der Waals surface area contributed by atoms with Gasteiger partial charge in [0.1, 0.15) is 6.04 Å². The van der Waals surface area contributed by atoms with E-state index in [0.717, 1.165) is 0 Å². The van der Waals surface area contributed by atoms with Crippen LogP contribution in [0.5, 0.6) is 0 Å². The molecule has 7 heteroatoms. The highest BCUT2D eigenvalue weighted by atomic mass is 16.5. The molecule has 0 aromatic heterocycles. The molecule has 1 heterocycles. The van der Waals surface area contributed by atoms with E-state index in [0.29, 0.717) is 19.5 Å². The average molecular weight is 313 g/mol. The lowest BCUT2D eigenvalue weighted by Gasteiger charge is -2.26. The highest BCUT2D eigenvalue weighted by Crippen LogP contribution is 2.19. The number of nitrogens with zero attached hydrogens (tertiary/aromatic N) is 1. The molecule has 0 unspecified atom stereocenters. The summed E-state index contributed by atoms with van der Waals surface area (Å²) in [6, 6.07) is -0.555. The Hall–Kier alpha value is -1.79.